The molecule has 3 N–H and O–H groups in total. The Bertz CT molecular complexity index is 883. The molecule has 0 unspecified atom stereocenters. The van der Waals surface area contributed by atoms with Crippen LogP contribution in [-0.2, 0) is 14.3 Å². The van der Waals surface area contributed by atoms with Crippen molar-refractivity contribution in [1.82, 2.24) is 0 Å². The molecule has 0 saturated heterocycles. The van der Waals surface area contributed by atoms with E-state index in [-0.39, 0.29) is 52.9 Å². The number of carbonyl (C=O) groups excluding carboxylic acids is 2. The van der Waals surface area contributed by atoms with E-state index in [1.165, 1.54) is 6.92 Å². The van der Waals surface area contributed by atoms with Crippen LogP contribution in [0.25, 0.3) is 0 Å². The molecule has 4 fully saturated rings. The standard InChI is InChI=1S/C30H48O6/c1-15(2)16(3)8-9-17(4)25-23(36-18(5)31)13-20-24-26(22(33)14-30(20,25)7)29(6)11-10-19(32)12-21(29)27(34)28(24)35/h8-9,15-17,19-26,28,32-33,35H,10-14H2,1-7H3/t16-,17+,19-,20-,21+,22-,23-,24-,25-,26-,28+,29-,30-/m0/s1. The van der Waals surface area contributed by atoms with Gasteiger partial charge in [-0.15, -0.1) is 0 Å². The monoisotopic (exact) mass is 504 g/mol. The van der Waals surface area contributed by atoms with Gasteiger partial charge in [-0.1, -0.05) is 53.7 Å². The Balaban J connectivity index is 1.73. The molecular formula is C30H48O6. The van der Waals surface area contributed by atoms with Crippen molar-refractivity contribution >= 4 is 11.8 Å². The molecule has 36 heavy (non-hydrogen) atoms. The van der Waals surface area contributed by atoms with Crippen LogP contribution in [0.1, 0.15) is 80.6 Å². The summed E-state index contributed by atoms with van der Waals surface area (Å²) in [6, 6.07) is 0. The molecule has 0 radical (unpaired) electrons. The Morgan fingerprint density at radius 1 is 1.06 bits per heavy atom. The lowest BCUT2D eigenvalue weighted by atomic mass is 9.42. The summed E-state index contributed by atoms with van der Waals surface area (Å²) >= 11 is 0. The second kappa shape index (κ2) is 9.81. The smallest absolute Gasteiger partial charge is 0.302 e. The number of fused-ring (bicyclic) bond motifs is 5. The summed E-state index contributed by atoms with van der Waals surface area (Å²) in [5, 5.41) is 33.5. The van der Waals surface area contributed by atoms with Gasteiger partial charge in [-0.3, -0.25) is 9.59 Å². The summed E-state index contributed by atoms with van der Waals surface area (Å²) < 4.78 is 5.93. The molecule has 4 saturated carbocycles. The van der Waals surface area contributed by atoms with Gasteiger partial charge < -0.3 is 20.1 Å². The molecule has 6 heteroatoms. The molecule has 0 amide bonds. The first kappa shape index (κ1) is 27.8. The minimum atomic E-state index is -1.17. The lowest BCUT2D eigenvalue weighted by Crippen LogP contribution is -2.66. The molecule has 13 atom stereocenters. The molecule has 4 rings (SSSR count). The third kappa shape index (κ3) is 4.39. The van der Waals surface area contributed by atoms with Crippen LogP contribution in [-0.4, -0.2) is 51.5 Å². The summed E-state index contributed by atoms with van der Waals surface area (Å²) in [7, 11) is 0. The Morgan fingerprint density at radius 3 is 2.33 bits per heavy atom. The number of hydrogen-bond acceptors (Lipinski definition) is 6. The Labute approximate surface area is 216 Å². The van der Waals surface area contributed by atoms with E-state index in [2.05, 4.69) is 53.7 Å². The maximum Gasteiger partial charge on any atom is 0.302 e. The average molecular weight is 505 g/mol. The maximum atomic E-state index is 13.5. The van der Waals surface area contributed by atoms with Crippen molar-refractivity contribution in [2.45, 2.75) is 105 Å². The van der Waals surface area contributed by atoms with E-state index in [1.54, 1.807) is 0 Å². The largest absolute Gasteiger partial charge is 0.462 e. The van der Waals surface area contributed by atoms with Crippen LogP contribution in [0.15, 0.2) is 12.2 Å². The molecule has 0 aliphatic heterocycles. The number of carbonyl (C=O) groups is 2. The highest BCUT2D eigenvalue weighted by Gasteiger charge is 2.69. The van der Waals surface area contributed by atoms with E-state index in [1.807, 2.05) is 0 Å². The maximum absolute atomic E-state index is 13.5. The number of esters is 1. The molecule has 4 aliphatic rings. The van der Waals surface area contributed by atoms with Crippen LogP contribution in [0.4, 0.5) is 0 Å². The van der Waals surface area contributed by atoms with Crippen LogP contribution < -0.4 is 0 Å². The highest BCUT2D eigenvalue weighted by atomic mass is 16.5. The first-order valence-corrected chi connectivity index (χ1v) is 14.2. The van der Waals surface area contributed by atoms with Gasteiger partial charge in [0.2, 0.25) is 0 Å². The van der Waals surface area contributed by atoms with Crippen LogP contribution in [0.2, 0.25) is 0 Å². The van der Waals surface area contributed by atoms with Crippen molar-refractivity contribution in [3.63, 3.8) is 0 Å². The van der Waals surface area contributed by atoms with Crippen molar-refractivity contribution in [3.8, 4) is 0 Å². The van der Waals surface area contributed by atoms with E-state index in [0.29, 0.717) is 43.9 Å². The summed E-state index contributed by atoms with van der Waals surface area (Å²) in [5.74, 6) is -0.530. The predicted molar refractivity (Wildman–Crippen MR) is 138 cm³/mol. The Morgan fingerprint density at radius 2 is 1.72 bits per heavy atom. The number of aliphatic hydroxyl groups is 3. The van der Waals surface area contributed by atoms with Gasteiger partial charge in [-0.2, -0.15) is 0 Å². The third-order valence-electron chi connectivity index (χ3n) is 11.2. The molecule has 0 aromatic carbocycles. The zero-order valence-electron chi connectivity index (χ0n) is 23.2. The number of ketones is 1. The van der Waals surface area contributed by atoms with Gasteiger partial charge in [-0.25, -0.2) is 0 Å². The average Bonchev–Trinajstić information content (AvgIpc) is 3.06. The zero-order chi connectivity index (χ0) is 26.7. The van der Waals surface area contributed by atoms with Crippen molar-refractivity contribution in [2.75, 3.05) is 0 Å². The van der Waals surface area contributed by atoms with Crippen molar-refractivity contribution < 1.29 is 29.6 Å². The SMILES string of the molecule is CC(=O)O[C@H]1C[C@H]2[C@H]3[C@H]([C@@H](O)C[C@]2(C)[C@H]1[C@H](C)C=C[C@H](C)C(C)C)[C@@]1(C)CC[C@H](O)C[C@@H]1C(=O)[C@@H]3O. The lowest BCUT2D eigenvalue weighted by molar-refractivity contribution is -0.209. The van der Waals surface area contributed by atoms with E-state index in [9.17, 15) is 24.9 Å². The van der Waals surface area contributed by atoms with E-state index in [4.69, 9.17) is 4.74 Å². The predicted octanol–water partition coefficient (Wildman–Crippen LogP) is 4.15. The van der Waals surface area contributed by atoms with E-state index < -0.39 is 29.6 Å². The second-order valence-electron chi connectivity index (χ2n) is 13.6. The van der Waals surface area contributed by atoms with Crippen LogP contribution in [0.5, 0.6) is 0 Å². The van der Waals surface area contributed by atoms with Crippen LogP contribution in [0.3, 0.4) is 0 Å². The third-order valence-corrected chi connectivity index (χ3v) is 11.2. The fourth-order valence-electron chi connectivity index (χ4n) is 9.12. The fraction of sp³-hybridized carbons (Fsp3) is 0.867. The van der Waals surface area contributed by atoms with Gasteiger partial charge in [0.05, 0.1) is 12.2 Å². The van der Waals surface area contributed by atoms with Crippen LogP contribution in [0, 0.1) is 58.2 Å². The quantitative estimate of drug-likeness (QED) is 0.384. The highest BCUT2D eigenvalue weighted by Crippen LogP contribution is 2.68. The number of aliphatic hydroxyl groups excluding tert-OH is 3. The van der Waals surface area contributed by atoms with Gasteiger partial charge in [0.1, 0.15) is 12.2 Å². The fourth-order valence-corrected chi connectivity index (χ4v) is 9.12. The summed E-state index contributed by atoms with van der Waals surface area (Å²) in [5.41, 5.74) is -0.835. The van der Waals surface area contributed by atoms with Crippen molar-refractivity contribution in [2.24, 2.45) is 58.2 Å². The molecule has 0 aromatic rings. The lowest BCUT2D eigenvalue weighted by Gasteiger charge is -2.62. The first-order valence-electron chi connectivity index (χ1n) is 14.2. The molecule has 0 heterocycles. The number of rotatable bonds is 5. The van der Waals surface area contributed by atoms with E-state index >= 15 is 0 Å². The molecule has 0 aromatic heterocycles. The van der Waals surface area contributed by atoms with Crippen molar-refractivity contribution in [1.29, 1.82) is 0 Å². The number of allylic oxidation sites excluding steroid dienone is 2. The minimum Gasteiger partial charge on any atom is -0.462 e. The number of ether oxygens (including phenoxy) is 1. The minimum absolute atomic E-state index is 0.0152. The Kier molecular flexibility index (Phi) is 7.57. The topological polar surface area (TPSA) is 104 Å². The van der Waals surface area contributed by atoms with Gasteiger partial charge >= 0.3 is 5.97 Å². The molecule has 0 bridgehead atoms. The van der Waals surface area contributed by atoms with Gasteiger partial charge in [0.25, 0.3) is 0 Å². The molecule has 4 aliphatic carbocycles. The number of hydrogen-bond donors (Lipinski definition) is 3. The first-order chi connectivity index (χ1) is 16.7. The summed E-state index contributed by atoms with van der Waals surface area (Å²) in [6.07, 6.45) is 4.60. The molecule has 0 spiro atoms. The Hall–Kier alpha value is -1.24. The summed E-state index contributed by atoms with van der Waals surface area (Å²) in [4.78, 5) is 25.7. The van der Waals surface area contributed by atoms with Crippen molar-refractivity contribution in [3.05, 3.63) is 12.2 Å². The van der Waals surface area contributed by atoms with Crippen LogP contribution >= 0.6 is 0 Å². The molecule has 6 nitrogen and oxygen atoms in total. The second-order valence-corrected chi connectivity index (χ2v) is 13.6. The van der Waals surface area contributed by atoms with Gasteiger partial charge in [-0.05, 0) is 72.5 Å². The zero-order valence-corrected chi connectivity index (χ0v) is 23.2. The highest BCUT2D eigenvalue weighted by molar-refractivity contribution is 5.87. The molecular weight excluding hydrogens is 456 g/mol. The van der Waals surface area contributed by atoms with Gasteiger partial charge in [0.15, 0.2) is 5.78 Å². The van der Waals surface area contributed by atoms with E-state index in [0.717, 1.165) is 0 Å². The van der Waals surface area contributed by atoms with Gasteiger partial charge in [0, 0.05) is 24.7 Å². The molecule has 204 valence electrons. The summed E-state index contributed by atoms with van der Waals surface area (Å²) in [6.45, 7) is 14.5. The normalized spacial score (nSPS) is 48.3. The number of Topliss-reactive ketones (excluding diaryl/α,β-unsaturated/α-hetero) is 1.